The van der Waals surface area contributed by atoms with Crippen LogP contribution in [0, 0.1) is 11.3 Å². The highest BCUT2D eigenvalue weighted by Crippen LogP contribution is 2.38. The summed E-state index contributed by atoms with van der Waals surface area (Å²) < 4.78 is 45.7. The van der Waals surface area contributed by atoms with E-state index in [0.717, 1.165) is 23.9 Å². The first-order valence-electron chi connectivity index (χ1n) is 9.83. The molecule has 7 nitrogen and oxygen atoms in total. The number of fused-ring (bicyclic) bond motifs is 1. The van der Waals surface area contributed by atoms with Crippen LogP contribution in [0.2, 0.25) is 0 Å². The van der Waals surface area contributed by atoms with Gasteiger partial charge in [0.15, 0.2) is 5.82 Å². The van der Waals surface area contributed by atoms with Gasteiger partial charge in [-0.3, -0.25) is 9.79 Å². The van der Waals surface area contributed by atoms with E-state index < -0.39 is 11.7 Å². The maximum atomic E-state index is 13.2. The minimum Gasteiger partial charge on any atom is -0.481 e. The van der Waals surface area contributed by atoms with Crippen LogP contribution in [0.4, 0.5) is 13.2 Å². The molecule has 0 saturated heterocycles. The molecule has 3 aromatic rings. The molecular formula is C22H16F3N5O2S2. The fraction of sp³-hybridized carbons (Fsp3) is 0.227. The van der Waals surface area contributed by atoms with E-state index in [-0.39, 0.29) is 22.9 Å². The summed E-state index contributed by atoms with van der Waals surface area (Å²) >= 11 is 2.42. The second-order valence-corrected chi connectivity index (χ2v) is 9.35. The number of thioether (sulfide) groups is 2. The fourth-order valence-electron chi connectivity index (χ4n) is 3.18. The number of alkyl halides is 3. The van der Waals surface area contributed by atoms with Crippen LogP contribution in [0.5, 0.6) is 5.88 Å². The van der Waals surface area contributed by atoms with E-state index in [1.165, 1.54) is 29.6 Å². The average Bonchev–Trinajstić information content (AvgIpc) is 2.82. The molecule has 0 spiro atoms. The number of benzene rings is 1. The molecule has 1 unspecified atom stereocenters. The van der Waals surface area contributed by atoms with Gasteiger partial charge >= 0.3 is 6.18 Å². The van der Waals surface area contributed by atoms with Crippen molar-refractivity contribution in [2.75, 3.05) is 7.11 Å². The number of ether oxygens (including phenoxy) is 1. The van der Waals surface area contributed by atoms with Crippen LogP contribution in [0.15, 0.2) is 57.3 Å². The van der Waals surface area contributed by atoms with Gasteiger partial charge in [0, 0.05) is 17.4 Å². The molecule has 0 aliphatic carbocycles. The zero-order valence-corrected chi connectivity index (χ0v) is 19.5. The summed E-state index contributed by atoms with van der Waals surface area (Å²) in [5.74, 6) is 0.874. The highest BCUT2D eigenvalue weighted by Gasteiger charge is 2.31. The third-order valence-corrected chi connectivity index (χ3v) is 7.25. The molecule has 1 atom stereocenters. The normalized spacial score (nSPS) is 15.3. The fourth-order valence-corrected chi connectivity index (χ4v) is 5.51. The van der Waals surface area contributed by atoms with Gasteiger partial charge in [-0.15, -0.1) is 0 Å². The Kier molecular flexibility index (Phi) is 6.67. The molecule has 1 aliphatic heterocycles. The summed E-state index contributed by atoms with van der Waals surface area (Å²) in [6, 6.07) is 9.57. The first-order valence-corrected chi connectivity index (χ1v) is 11.6. The van der Waals surface area contributed by atoms with Gasteiger partial charge in [-0.1, -0.05) is 35.7 Å². The van der Waals surface area contributed by atoms with Gasteiger partial charge in [-0.2, -0.15) is 33.2 Å². The van der Waals surface area contributed by atoms with Gasteiger partial charge in [-0.05, 0) is 30.7 Å². The number of aromatic nitrogens is 3. The third-order valence-electron chi connectivity index (χ3n) is 4.94. The monoisotopic (exact) mass is 503 g/mol. The summed E-state index contributed by atoms with van der Waals surface area (Å²) in [4.78, 5) is 22.5. The van der Waals surface area contributed by atoms with Crippen molar-refractivity contribution >= 4 is 27.9 Å². The van der Waals surface area contributed by atoms with E-state index in [0.29, 0.717) is 32.1 Å². The maximum absolute atomic E-state index is 13.2. The molecule has 4 rings (SSSR count). The Balaban J connectivity index is 1.58. The second kappa shape index (κ2) is 9.52. The van der Waals surface area contributed by atoms with Crippen LogP contribution in [0.3, 0.4) is 0 Å². The highest BCUT2D eigenvalue weighted by atomic mass is 32.2. The number of halogens is 3. The standard InChI is InChI=1S/C22H16F3N5O2S2/c1-12-16-10-27-30(17-4-3-5-18(29-17)32-2)20(31)19(16)34-21(28-12)33-11-13-6-7-15(22(23,24)25)8-14(13)9-26/h3-8,10,12H,11H2,1-2H3. The lowest BCUT2D eigenvalue weighted by molar-refractivity contribution is -0.137. The smallest absolute Gasteiger partial charge is 0.416 e. The SMILES string of the molecule is COc1cccc(-n2ncc3c(c2=O)SC(SCc2ccc(C(F)(F)F)cc2C#N)=NC3C)n1. The summed E-state index contributed by atoms with van der Waals surface area (Å²) in [5.41, 5.74) is -0.159. The Morgan fingerprint density at radius 3 is 2.79 bits per heavy atom. The summed E-state index contributed by atoms with van der Waals surface area (Å²) in [7, 11) is 1.47. The van der Waals surface area contributed by atoms with Gasteiger partial charge < -0.3 is 4.74 Å². The Labute approximate surface area is 200 Å². The van der Waals surface area contributed by atoms with E-state index >= 15 is 0 Å². The molecule has 3 heterocycles. The van der Waals surface area contributed by atoms with Crippen molar-refractivity contribution in [3.05, 3.63) is 75.2 Å². The molecule has 174 valence electrons. The maximum Gasteiger partial charge on any atom is 0.416 e. The largest absolute Gasteiger partial charge is 0.481 e. The van der Waals surface area contributed by atoms with Gasteiger partial charge in [0.2, 0.25) is 5.88 Å². The van der Waals surface area contributed by atoms with E-state index in [9.17, 15) is 23.2 Å². The molecular weight excluding hydrogens is 487 g/mol. The highest BCUT2D eigenvalue weighted by molar-refractivity contribution is 8.38. The average molecular weight is 504 g/mol. The number of hydrogen-bond donors (Lipinski definition) is 0. The predicted octanol–water partition coefficient (Wildman–Crippen LogP) is 4.98. The van der Waals surface area contributed by atoms with Crippen molar-refractivity contribution in [1.82, 2.24) is 14.8 Å². The molecule has 0 fully saturated rings. The Morgan fingerprint density at radius 2 is 2.09 bits per heavy atom. The third kappa shape index (κ3) is 4.80. The van der Waals surface area contributed by atoms with Crippen LogP contribution < -0.4 is 10.3 Å². The number of aliphatic imine (C=N–C) groups is 1. The molecule has 0 amide bonds. The first-order chi connectivity index (χ1) is 16.2. The molecule has 0 bridgehead atoms. The summed E-state index contributed by atoms with van der Waals surface area (Å²) in [6.45, 7) is 1.83. The predicted molar refractivity (Wildman–Crippen MR) is 123 cm³/mol. The Morgan fingerprint density at radius 1 is 1.29 bits per heavy atom. The minimum atomic E-state index is -4.52. The van der Waals surface area contributed by atoms with E-state index in [1.54, 1.807) is 24.4 Å². The lowest BCUT2D eigenvalue weighted by atomic mass is 10.1. The molecule has 0 radical (unpaired) electrons. The first kappa shape index (κ1) is 23.8. The van der Waals surface area contributed by atoms with Gasteiger partial charge in [0.25, 0.3) is 5.56 Å². The molecule has 0 N–H and O–H groups in total. The van der Waals surface area contributed by atoms with Crippen LogP contribution >= 0.6 is 23.5 Å². The lowest BCUT2D eigenvalue weighted by Crippen LogP contribution is -2.26. The molecule has 2 aromatic heterocycles. The zero-order chi connectivity index (χ0) is 24.5. The number of nitriles is 1. The molecule has 12 heteroatoms. The number of pyridine rings is 1. The Hall–Kier alpha value is -3.30. The quantitative estimate of drug-likeness (QED) is 0.496. The number of nitrogens with zero attached hydrogens (tertiary/aromatic N) is 5. The second-order valence-electron chi connectivity index (χ2n) is 7.13. The van der Waals surface area contributed by atoms with Crippen molar-refractivity contribution < 1.29 is 17.9 Å². The van der Waals surface area contributed by atoms with Crippen LogP contribution in [-0.4, -0.2) is 26.3 Å². The lowest BCUT2D eigenvalue weighted by Gasteiger charge is -2.20. The van der Waals surface area contributed by atoms with Gasteiger partial charge in [0.05, 0.1) is 41.4 Å². The van der Waals surface area contributed by atoms with Gasteiger partial charge in [-0.25, -0.2) is 0 Å². The van der Waals surface area contributed by atoms with Gasteiger partial charge in [0.1, 0.15) is 4.38 Å². The summed E-state index contributed by atoms with van der Waals surface area (Å²) in [5, 5.41) is 13.5. The molecule has 34 heavy (non-hydrogen) atoms. The van der Waals surface area contributed by atoms with Crippen LogP contribution in [0.25, 0.3) is 5.82 Å². The number of hydrogen-bond acceptors (Lipinski definition) is 8. The van der Waals surface area contributed by atoms with Crippen molar-refractivity contribution in [3.63, 3.8) is 0 Å². The molecule has 1 aliphatic rings. The van der Waals surface area contributed by atoms with Crippen molar-refractivity contribution in [2.24, 2.45) is 4.99 Å². The van der Waals surface area contributed by atoms with Crippen molar-refractivity contribution in [2.45, 2.75) is 29.8 Å². The number of rotatable bonds is 4. The zero-order valence-electron chi connectivity index (χ0n) is 17.8. The minimum absolute atomic E-state index is 0.0483. The molecule has 0 saturated carbocycles. The van der Waals surface area contributed by atoms with Crippen LogP contribution in [-0.2, 0) is 11.9 Å². The van der Waals surface area contributed by atoms with E-state index in [4.69, 9.17) is 4.74 Å². The topological polar surface area (TPSA) is 93.2 Å². The summed E-state index contributed by atoms with van der Waals surface area (Å²) in [6.07, 6.45) is -2.95. The number of methoxy groups -OCH3 is 1. The van der Waals surface area contributed by atoms with Crippen LogP contribution in [0.1, 0.15) is 35.2 Å². The van der Waals surface area contributed by atoms with E-state index in [1.807, 2.05) is 13.0 Å². The van der Waals surface area contributed by atoms with E-state index in [2.05, 4.69) is 15.1 Å². The Bertz CT molecular complexity index is 1380. The molecule has 1 aromatic carbocycles. The van der Waals surface area contributed by atoms with Crippen molar-refractivity contribution in [3.8, 4) is 17.8 Å². The van der Waals surface area contributed by atoms with Crippen molar-refractivity contribution in [1.29, 1.82) is 5.26 Å².